The summed E-state index contributed by atoms with van der Waals surface area (Å²) in [7, 11) is -2.15. The molecule has 0 aliphatic rings. The predicted molar refractivity (Wildman–Crippen MR) is 54.0 cm³/mol. The van der Waals surface area contributed by atoms with Crippen LogP contribution >= 0.6 is 8.03 Å². The molecule has 1 aromatic rings. The van der Waals surface area contributed by atoms with Gasteiger partial charge >= 0.3 is 8.03 Å². The first-order valence-corrected chi connectivity index (χ1v) is 5.05. The number of hydrogen-bond acceptors (Lipinski definition) is 3. The smallest absolute Gasteiger partial charge is 0.329 e. The maximum absolute atomic E-state index is 10.3. The Morgan fingerprint density at radius 1 is 1.15 bits per heavy atom. The summed E-state index contributed by atoms with van der Waals surface area (Å²) in [4.78, 5) is 8.53. The molecule has 5 N–H and O–H groups in total. The van der Waals surface area contributed by atoms with Crippen LogP contribution in [-0.2, 0) is 4.57 Å². The Bertz CT molecular complexity index is 239. The minimum absolute atomic E-state index is 0.479. The summed E-state index contributed by atoms with van der Waals surface area (Å²) in [5, 5.41) is 0.479. The number of rotatable bonds is 2. The molecule has 0 aliphatic carbocycles. The van der Waals surface area contributed by atoms with E-state index in [1.165, 1.54) is 0 Å². The molecule has 0 saturated carbocycles. The average molecular weight is 201 g/mol. The van der Waals surface area contributed by atoms with Crippen molar-refractivity contribution >= 4 is 13.3 Å². The van der Waals surface area contributed by atoms with Gasteiger partial charge in [0.25, 0.3) is 0 Å². The van der Waals surface area contributed by atoms with Crippen LogP contribution in [-0.4, -0.2) is 18.0 Å². The van der Waals surface area contributed by atoms with Gasteiger partial charge in [-0.3, -0.25) is 0 Å². The molecular weight excluding hydrogens is 187 g/mol. The second-order valence-corrected chi connectivity index (χ2v) is 3.25. The van der Waals surface area contributed by atoms with E-state index in [4.69, 9.17) is 16.4 Å². The molecular formula is C8H14N2O2P+. The van der Waals surface area contributed by atoms with E-state index in [-0.39, 0.29) is 0 Å². The van der Waals surface area contributed by atoms with Gasteiger partial charge in [-0.25, -0.2) is 0 Å². The van der Waals surface area contributed by atoms with Crippen LogP contribution in [0.4, 0.5) is 0 Å². The van der Waals surface area contributed by atoms with E-state index in [9.17, 15) is 4.57 Å². The van der Waals surface area contributed by atoms with Crippen molar-refractivity contribution in [2.24, 2.45) is 11.5 Å². The Balaban J connectivity index is 0.000000310. The van der Waals surface area contributed by atoms with E-state index in [2.05, 4.69) is 0 Å². The van der Waals surface area contributed by atoms with Gasteiger partial charge in [0.2, 0.25) is 5.30 Å². The minimum atomic E-state index is -2.15. The molecule has 0 bridgehead atoms. The zero-order valence-corrected chi connectivity index (χ0v) is 8.15. The molecule has 0 heterocycles. The highest BCUT2D eigenvalue weighted by Gasteiger charge is 2.12. The highest BCUT2D eigenvalue weighted by atomic mass is 31.1. The molecule has 1 atom stereocenters. The first-order chi connectivity index (χ1) is 6.22. The summed E-state index contributed by atoms with van der Waals surface area (Å²) in [6.45, 7) is 1.19. The third-order valence-corrected chi connectivity index (χ3v) is 1.88. The summed E-state index contributed by atoms with van der Waals surface area (Å²) < 4.78 is 10.3. The monoisotopic (exact) mass is 201 g/mol. The van der Waals surface area contributed by atoms with E-state index in [1.54, 1.807) is 24.3 Å². The SMILES string of the molecule is NCCN.O=[P+](O)c1ccccc1. The van der Waals surface area contributed by atoms with Crippen LogP contribution in [0.5, 0.6) is 0 Å². The topological polar surface area (TPSA) is 89.3 Å². The summed E-state index contributed by atoms with van der Waals surface area (Å²) >= 11 is 0. The molecule has 0 saturated heterocycles. The number of hydrogen-bond donors (Lipinski definition) is 3. The molecule has 1 aromatic carbocycles. The van der Waals surface area contributed by atoms with Crippen LogP contribution in [0.1, 0.15) is 0 Å². The lowest BCUT2D eigenvalue weighted by molar-refractivity contribution is 0.513. The normalized spacial score (nSPS) is 9.92. The van der Waals surface area contributed by atoms with Crippen molar-refractivity contribution in [1.29, 1.82) is 0 Å². The second kappa shape index (κ2) is 7.83. The Labute approximate surface area is 78.4 Å². The molecule has 72 valence electrons. The summed E-state index contributed by atoms with van der Waals surface area (Å²) in [6.07, 6.45) is 0. The summed E-state index contributed by atoms with van der Waals surface area (Å²) in [5.74, 6) is 0. The fourth-order valence-corrected chi connectivity index (χ4v) is 0.983. The molecule has 1 rings (SSSR count). The first kappa shape index (κ1) is 12.2. The Morgan fingerprint density at radius 3 is 1.85 bits per heavy atom. The van der Waals surface area contributed by atoms with Crippen LogP contribution in [0, 0.1) is 0 Å². The average Bonchev–Trinajstić information content (AvgIpc) is 2.19. The van der Waals surface area contributed by atoms with Gasteiger partial charge in [-0.05, 0) is 16.7 Å². The van der Waals surface area contributed by atoms with Gasteiger partial charge < -0.3 is 11.5 Å². The van der Waals surface area contributed by atoms with Crippen LogP contribution in [0.25, 0.3) is 0 Å². The maximum atomic E-state index is 10.3. The fraction of sp³-hybridized carbons (Fsp3) is 0.250. The Hall–Kier alpha value is -0.800. The lowest BCUT2D eigenvalue weighted by Crippen LogP contribution is -2.11. The lowest BCUT2D eigenvalue weighted by atomic mass is 10.4. The van der Waals surface area contributed by atoms with Crippen molar-refractivity contribution < 1.29 is 9.46 Å². The highest BCUT2D eigenvalue weighted by molar-refractivity contribution is 7.47. The molecule has 0 spiro atoms. The maximum Gasteiger partial charge on any atom is 0.546 e. The van der Waals surface area contributed by atoms with Crippen molar-refractivity contribution in [3.05, 3.63) is 30.3 Å². The standard InChI is InChI=1S/C6H5O2P.C2H8N2/c7-9(8)6-4-2-1-3-5-6;3-1-2-4/h1-5H;1-4H2/p+1. The van der Waals surface area contributed by atoms with E-state index in [1.807, 2.05) is 6.07 Å². The van der Waals surface area contributed by atoms with Crippen molar-refractivity contribution in [2.75, 3.05) is 13.1 Å². The van der Waals surface area contributed by atoms with Gasteiger partial charge in [0.05, 0.1) is 0 Å². The lowest BCUT2D eigenvalue weighted by Gasteiger charge is -1.77. The predicted octanol–water partition coefficient (Wildman–Crippen LogP) is -0.0496. The van der Waals surface area contributed by atoms with Crippen molar-refractivity contribution in [2.45, 2.75) is 0 Å². The Morgan fingerprint density at radius 2 is 1.62 bits per heavy atom. The molecule has 0 amide bonds. The summed E-state index contributed by atoms with van der Waals surface area (Å²) in [6, 6.07) is 8.53. The molecule has 0 aromatic heterocycles. The van der Waals surface area contributed by atoms with Gasteiger partial charge in [-0.2, -0.15) is 4.89 Å². The number of nitrogens with two attached hydrogens (primary N) is 2. The van der Waals surface area contributed by atoms with Gasteiger partial charge in [-0.15, -0.1) is 0 Å². The highest BCUT2D eigenvalue weighted by Crippen LogP contribution is 2.10. The Kier molecular flexibility index (Phi) is 7.35. The fourth-order valence-electron chi connectivity index (χ4n) is 0.556. The third-order valence-electron chi connectivity index (χ3n) is 1.14. The molecule has 1 unspecified atom stereocenters. The number of benzene rings is 1. The van der Waals surface area contributed by atoms with E-state index in [0.29, 0.717) is 18.4 Å². The van der Waals surface area contributed by atoms with E-state index >= 15 is 0 Å². The van der Waals surface area contributed by atoms with Gasteiger partial charge in [0.1, 0.15) is 0 Å². The van der Waals surface area contributed by atoms with Gasteiger partial charge in [0.15, 0.2) is 0 Å². The third kappa shape index (κ3) is 6.37. The molecule has 5 heteroatoms. The largest absolute Gasteiger partial charge is 0.546 e. The van der Waals surface area contributed by atoms with Crippen LogP contribution < -0.4 is 16.8 Å². The quantitative estimate of drug-likeness (QED) is 0.585. The minimum Gasteiger partial charge on any atom is -0.329 e. The van der Waals surface area contributed by atoms with Crippen LogP contribution in [0.15, 0.2) is 30.3 Å². The van der Waals surface area contributed by atoms with E-state index < -0.39 is 8.03 Å². The van der Waals surface area contributed by atoms with Gasteiger partial charge in [-0.1, -0.05) is 18.2 Å². The zero-order valence-electron chi connectivity index (χ0n) is 7.26. The van der Waals surface area contributed by atoms with Crippen molar-refractivity contribution in [3.63, 3.8) is 0 Å². The van der Waals surface area contributed by atoms with E-state index in [0.717, 1.165) is 0 Å². The van der Waals surface area contributed by atoms with Gasteiger partial charge in [0, 0.05) is 13.1 Å². The first-order valence-electron chi connectivity index (χ1n) is 3.83. The van der Waals surface area contributed by atoms with Crippen LogP contribution in [0.3, 0.4) is 0 Å². The molecule has 0 fully saturated rings. The second-order valence-electron chi connectivity index (χ2n) is 2.19. The van der Waals surface area contributed by atoms with Crippen LogP contribution in [0.2, 0.25) is 0 Å². The van der Waals surface area contributed by atoms with Crippen molar-refractivity contribution in [3.8, 4) is 0 Å². The summed E-state index contributed by atoms with van der Waals surface area (Å²) in [5.41, 5.74) is 9.81. The molecule has 13 heavy (non-hydrogen) atoms. The zero-order chi connectivity index (χ0) is 10.1. The molecule has 4 nitrogen and oxygen atoms in total. The van der Waals surface area contributed by atoms with Crippen molar-refractivity contribution in [1.82, 2.24) is 0 Å². The molecule has 0 aliphatic heterocycles. The molecule has 0 radical (unpaired) electrons.